The number of hydrogen-bond donors (Lipinski definition) is 2. The Morgan fingerprint density at radius 1 is 1.17 bits per heavy atom. The second-order valence-electron chi connectivity index (χ2n) is 5.14. The van der Waals surface area contributed by atoms with Gasteiger partial charge in [-0.1, -0.05) is 21.6 Å². The fraction of sp³-hybridized carbons (Fsp3) is 0.412. The van der Waals surface area contributed by atoms with Crippen LogP contribution in [0.5, 0.6) is 0 Å². The Hall–Kier alpha value is -1.44. The van der Waals surface area contributed by atoms with Gasteiger partial charge in [0, 0.05) is 49.6 Å². The minimum absolute atomic E-state index is 0.741. The van der Waals surface area contributed by atoms with Crippen molar-refractivity contribution in [1.82, 2.24) is 4.90 Å². The molecule has 130 valence electrons. The lowest BCUT2D eigenvalue weighted by Gasteiger charge is -2.18. The SMILES string of the molecule is CCN1C=CC(N=Nc2ccc(NCCSSCCN)cc2)=CC1. The van der Waals surface area contributed by atoms with Crippen LogP contribution >= 0.6 is 21.6 Å². The topological polar surface area (TPSA) is 66.0 Å². The number of azo groups is 1. The van der Waals surface area contributed by atoms with E-state index in [1.54, 1.807) is 0 Å². The maximum atomic E-state index is 5.46. The van der Waals surface area contributed by atoms with Crippen molar-refractivity contribution in [3.8, 4) is 0 Å². The fourth-order valence-corrected chi connectivity index (χ4v) is 3.76. The number of allylic oxidation sites excluding steroid dienone is 1. The zero-order chi connectivity index (χ0) is 17.0. The lowest BCUT2D eigenvalue weighted by Crippen LogP contribution is -2.18. The fourth-order valence-electron chi connectivity index (χ4n) is 1.99. The predicted molar refractivity (Wildman–Crippen MR) is 108 cm³/mol. The van der Waals surface area contributed by atoms with Crippen LogP contribution in [0.3, 0.4) is 0 Å². The minimum Gasteiger partial charge on any atom is -0.384 e. The molecule has 0 radical (unpaired) electrons. The third-order valence-electron chi connectivity index (χ3n) is 3.34. The van der Waals surface area contributed by atoms with Gasteiger partial charge >= 0.3 is 0 Å². The van der Waals surface area contributed by atoms with Crippen LogP contribution in [0.4, 0.5) is 11.4 Å². The van der Waals surface area contributed by atoms with Crippen molar-refractivity contribution in [3.63, 3.8) is 0 Å². The van der Waals surface area contributed by atoms with E-state index < -0.39 is 0 Å². The third-order valence-corrected chi connectivity index (χ3v) is 5.78. The number of nitrogens with one attached hydrogen (secondary N) is 1. The van der Waals surface area contributed by atoms with E-state index in [4.69, 9.17) is 5.73 Å². The highest BCUT2D eigenvalue weighted by Gasteiger charge is 2.01. The molecule has 1 heterocycles. The highest BCUT2D eigenvalue weighted by atomic mass is 33.1. The van der Waals surface area contributed by atoms with Gasteiger partial charge < -0.3 is 16.0 Å². The summed E-state index contributed by atoms with van der Waals surface area (Å²) >= 11 is 0. The average molecular weight is 364 g/mol. The smallest absolute Gasteiger partial charge is 0.0858 e. The van der Waals surface area contributed by atoms with Gasteiger partial charge in [-0.2, -0.15) is 10.2 Å². The molecule has 5 nitrogen and oxygen atoms in total. The van der Waals surface area contributed by atoms with Gasteiger partial charge in [-0.15, -0.1) is 0 Å². The van der Waals surface area contributed by atoms with Crippen molar-refractivity contribution in [2.45, 2.75) is 6.92 Å². The standard InChI is InChI=1S/C17H25N5S2/c1-2-22-11-7-17(8-12-22)21-20-16-5-3-15(4-6-16)19-10-14-24-23-13-9-18/h3-8,11,19H,2,9-10,12-14,18H2,1H3. The number of nitrogens with zero attached hydrogens (tertiary/aromatic N) is 3. The van der Waals surface area contributed by atoms with Gasteiger partial charge in [0.15, 0.2) is 0 Å². The van der Waals surface area contributed by atoms with E-state index in [1.807, 2.05) is 51.9 Å². The average Bonchev–Trinajstić information content (AvgIpc) is 2.64. The molecule has 7 heteroatoms. The van der Waals surface area contributed by atoms with Crippen molar-refractivity contribution in [1.29, 1.82) is 0 Å². The predicted octanol–water partition coefficient (Wildman–Crippen LogP) is 4.26. The summed E-state index contributed by atoms with van der Waals surface area (Å²) in [7, 11) is 3.67. The Labute approximate surface area is 152 Å². The Bertz CT molecular complexity index is 569. The zero-order valence-electron chi connectivity index (χ0n) is 14.0. The van der Waals surface area contributed by atoms with Crippen LogP contribution < -0.4 is 11.1 Å². The van der Waals surface area contributed by atoms with Gasteiger partial charge in [0.2, 0.25) is 0 Å². The second kappa shape index (κ2) is 11.2. The van der Waals surface area contributed by atoms with Crippen LogP contribution in [0.25, 0.3) is 0 Å². The van der Waals surface area contributed by atoms with E-state index in [9.17, 15) is 0 Å². The van der Waals surface area contributed by atoms with Gasteiger partial charge in [0.05, 0.1) is 11.4 Å². The number of hydrogen-bond acceptors (Lipinski definition) is 7. The van der Waals surface area contributed by atoms with Crippen LogP contribution in [0.2, 0.25) is 0 Å². The summed E-state index contributed by atoms with van der Waals surface area (Å²) in [6.45, 7) is 5.72. The molecule has 0 amide bonds. The largest absolute Gasteiger partial charge is 0.384 e. The molecule has 24 heavy (non-hydrogen) atoms. The summed E-state index contributed by atoms with van der Waals surface area (Å²) in [4.78, 5) is 2.21. The number of nitrogens with two attached hydrogens (primary N) is 1. The molecule has 0 aliphatic carbocycles. The van der Waals surface area contributed by atoms with Gasteiger partial charge in [-0.3, -0.25) is 0 Å². The maximum Gasteiger partial charge on any atom is 0.0858 e. The highest BCUT2D eigenvalue weighted by molar-refractivity contribution is 8.76. The molecule has 0 fully saturated rings. The number of benzene rings is 1. The second-order valence-corrected chi connectivity index (χ2v) is 7.84. The first-order valence-corrected chi connectivity index (χ1v) is 10.6. The summed E-state index contributed by atoms with van der Waals surface area (Å²) in [6.07, 6.45) is 6.14. The Kier molecular flexibility index (Phi) is 8.80. The number of rotatable bonds is 10. The summed E-state index contributed by atoms with van der Waals surface area (Å²) in [6, 6.07) is 8.03. The van der Waals surface area contributed by atoms with E-state index in [-0.39, 0.29) is 0 Å². The molecule has 0 bridgehead atoms. The molecule has 0 spiro atoms. The van der Waals surface area contributed by atoms with E-state index in [0.717, 1.165) is 54.8 Å². The van der Waals surface area contributed by atoms with Gasteiger partial charge in [0.25, 0.3) is 0 Å². The summed E-state index contributed by atoms with van der Waals surface area (Å²) < 4.78 is 0. The minimum atomic E-state index is 0.741. The quantitative estimate of drug-likeness (QED) is 0.369. The van der Waals surface area contributed by atoms with E-state index in [2.05, 4.69) is 39.6 Å². The Morgan fingerprint density at radius 3 is 2.62 bits per heavy atom. The maximum absolute atomic E-state index is 5.46. The van der Waals surface area contributed by atoms with Crippen LogP contribution in [0.15, 0.2) is 58.5 Å². The molecule has 0 saturated heterocycles. The lowest BCUT2D eigenvalue weighted by molar-refractivity contribution is 0.433. The van der Waals surface area contributed by atoms with Crippen molar-refractivity contribution < 1.29 is 0 Å². The van der Waals surface area contributed by atoms with Crippen molar-refractivity contribution in [2.75, 3.05) is 43.0 Å². The van der Waals surface area contributed by atoms with Crippen molar-refractivity contribution in [2.24, 2.45) is 16.0 Å². The lowest BCUT2D eigenvalue weighted by atomic mass is 10.3. The first-order chi connectivity index (χ1) is 11.8. The first-order valence-electron chi connectivity index (χ1n) is 8.14. The van der Waals surface area contributed by atoms with Crippen molar-refractivity contribution >= 4 is 33.0 Å². The molecule has 0 aromatic heterocycles. The van der Waals surface area contributed by atoms with E-state index >= 15 is 0 Å². The molecule has 0 unspecified atom stereocenters. The molecule has 0 saturated carbocycles. The van der Waals surface area contributed by atoms with Gasteiger partial charge in [0.1, 0.15) is 0 Å². The highest BCUT2D eigenvalue weighted by Crippen LogP contribution is 2.21. The van der Waals surface area contributed by atoms with Crippen molar-refractivity contribution in [3.05, 3.63) is 48.3 Å². The Morgan fingerprint density at radius 2 is 1.96 bits per heavy atom. The molecule has 1 aliphatic rings. The molecule has 2 rings (SSSR count). The molecule has 1 aromatic rings. The number of anilines is 1. The molecule has 1 aromatic carbocycles. The van der Waals surface area contributed by atoms with E-state index in [1.165, 1.54) is 0 Å². The van der Waals surface area contributed by atoms with Crippen LogP contribution in [-0.4, -0.2) is 42.6 Å². The molecule has 3 N–H and O–H groups in total. The zero-order valence-corrected chi connectivity index (χ0v) is 15.7. The third kappa shape index (κ3) is 6.98. The van der Waals surface area contributed by atoms with Crippen LogP contribution in [0, 0.1) is 0 Å². The summed E-state index contributed by atoms with van der Waals surface area (Å²) in [5.41, 5.74) is 8.34. The van der Waals surface area contributed by atoms with Gasteiger partial charge in [-0.05, 0) is 43.3 Å². The Balaban J connectivity index is 1.73. The van der Waals surface area contributed by atoms with Crippen LogP contribution in [-0.2, 0) is 0 Å². The first kappa shape index (κ1) is 18.9. The molecule has 0 atom stereocenters. The molecule has 1 aliphatic heterocycles. The summed E-state index contributed by atoms with van der Waals surface area (Å²) in [5.74, 6) is 2.06. The molecular weight excluding hydrogens is 338 g/mol. The van der Waals surface area contributed by atoms with Gasteiger partial charge in [-0.25, -0.2) is 0 Å². The normalized spacial score (nSPS) is 14.2. The van der Waals surface area contributed by atoms with Crippen LogP contribution in [0.1, 0.15) is 6.92 Å². The van der Waals surface area contributed by atoms with E-state index in [0.29, 0.717) is 0 Å². The number of likely N-dealkylation sites (N-methyl/N-ethyl adjacent to an activating group) is 1. The summed E-state index contributed by atoms with van der Waals surface area (Å²) in [5, 5.41) is 12.0. The molecular formula is C17H25N5S2. The monoisotopic (exact) mass is 363 g/mol.